The second-order valence-corrected chi connectivity index (χ2v) is 9.73. The first-order valence-electron chi connectivity index (χ1n) is 10.8. The minimum Gasteiger partial charge on any atom is -0.348 e. The molecule has 3 unspecified atom stereocenters. The summed E-state index contributed by atoms with van der Waals surface area (Å²) in [7, 11) is 0. The number of carbonyl (C=O) groups excluding carboxylic acids is 2. The van der Waals surface area contributed by atoms with Gasteiger partial charge in [-0.3, -0.25) is 9.59 Å². The fourth-order valence-corrected chi connectivity index (χ4v) is 6.15. The van der Waals surface area contributed by atoms with E-state index in [1.165, 1.54) is 11.1 Å². The molecule has 5 heteroatoms. The molecule has 2 fully saturated rings. The van der Waals surface area contributed by atoms with E-state index in [4.69, 9.17) is 0 Å². The molecule has 5 rings (SSSR count). The highest BCUT2D eigenvalue weighted by Gasteiger charge is 2.40. The Morgan fingerprint density at radius 1 is 1.03 bits per heavy atom. The smallest absolute Gasteiger partial charge is 0.257 e. The Bertz CT molecular complexity index is 988. The molecule has 1 saturated heterocycles. The molecule has 2 amide bonds. The van der Waals surface area contributed by atoms with E-state index in [1.54, 1.807) is 11.8 Å². The van der Waals surface area contributed by atoms with Gasteiger partial charge in [0, 0.05) is 30.3 Å². The summed E-state index contributed by atoms with van der Waals surface area (Å²) in [4.78, 5) is 28.7. The Balaban J connectivity index is 1.24. The zero-order valence-corrected chi connectivity index (χ0v) is 17.7. The van der Waals surface area contributed by atoms with Crippen molar-refractivity contribution in [3.8, 4) is 0 Å². The van der Waals surface area contributed by atoms with Gasteiger partial charge in [0.2, 0.25) is 5.91 Å². The molecule has 2 aliphatic heterocycles. The number of nitrogens with zero attached hydrogens (tertiary/aromatic N) is 1. The van der Waals surface area contributed by atoms with Gasteiger partial charge >= 0.3 is 0 Å². The van der Waals surface area contributed by atoms with Crippen LogP contribution < -0.4 is 5.32 Å². The van der Waals surface area contributed by atoms with E-state index in [9.17, 15) is 9.59 Å². The summed E-state index contributed by atoms with van der Waals surface area (Å²) < 4.78 is 0. The van der Waals surface area contributed by atoms with Crippen molar-refractivity contribution in [2.24, 2.45) is 5.92 Å². The summed E-state index contributed by atoms with van der Waals surface area (Å²) in [6.45, 7) is 1.51. The van der Waals surface area contributed by atoms with E-state index in [0.717, 1.165) is 42.7 Å². The molecule has 2 heterocycles. The predicted molar refractivity (Wildman–Crippen MR) is 121 cm³/mol. The van der Waals surface area contributed by atoms with Crippen molar-refractivity contribution in [3.05, 3.63) is 76.2 Å². The zero-order valence-electron chi connectivity index (χ0n) is 16.9. The van der Waals surface area contributed by atoms with Gasteiger partial charge in [-0.05, 0) is 48.4 Å². The van der Waals surface area contributed by atoms with Crippen LogP contribution in [0.5, 0.6) is 0 Å². The summed E-state index contributed by atoms with van der Waals surface area (Å²) in [5.74, 6) is 0.259. The summed E-state index contributed by atoms with van der Waals surface area (Å²) >= 11 is 1.68. The largest absolute Gasteiger partial charge is 0.348 e. The molecule has 0 radical (unpaired) electrons. The lowest BCUT2D eigenvalue weighted by molar-refractivity contribution is -0.138. The highest BCUT2D eigenvalue weighted by molar-refractivity contribution is 8.04. The maximum Gasteiger partial charge on any atom is 0.257 e. The van der Waals surface area contributed by atoms with E-state index in [1.807, 2.05) is 47.4 Å². The molecule has 1 aliphatic carbocycles. The molecule has 30 heavy (non-hydrogen) atoms. The Hall–Kier alpha value is -2.53. The standard InChI is InChI=1S/C25H26N2O2S/c28-24-23(14-17-6-2-1-3-7-17)30-22-11-10-19(15-21(22)26-24)25(29)27-13-12-18-8-4-5-9-20(18)16-27/h1-9,14,19,21-22H,10-13,15-16H2,(H,26,28)/b23-14-. The van der Waals surface area contributed by atoms with Gasteiger partial charge in [-0.1, -0.05) is 54.6 Å². The molecule has 0 aromatic heterocycles. The van der Waals surface area contributed by atoms with E-state index < -0.39 is 0 Å². The Labute approximate surface area is 181 Å². The van der Waals surface area contributed by atoms with Crippen molar-refractivity contribution in [3.63, 3.8) is 0 Å². The van der Waals surface area contributed by atoms with Crippen LogP contribution in [0, 0.1) is 5.92 Å². The van der Waals surface area contributed by atoms with Gasteiger partial charge in [0.25, 0.3) is 5.91 Å². The van der Waals surface area contributed by atoms with Crippen molar-refractivity contribution in [2.45, 2.75) is 43.5 Å². The lowest BCUT2D eigenvalue weighted by atomic mass is 9.83. The highest BCUT2D eigenvalue weighted by atomic mass is 32.2. The van der Waals surface area contributed by atoms with Crippen molar-refractivity contribution >= 4 is 29.7 Å². The SMILES string of the molecule is O=C1NC2CC(C(=O)N3CCc4ccccc4C3)CCC2S/C1=C\c1ccccc1. The summed E-state index contributed by atoms with van der Waals surface area (Å²) in [6.07, 6.45) is 5.51. The molecular formula is C25H26N2O2S. The van der Waals surface area contributed by atoms with E-state index in [0.29, 0.717) is 11.8 Å². The third-order valence-corrected chi connectivity index (χ3v) is 7.92. The Morgan fingerprint density at radius 2 is 1.80 bits per heavy atom. The fourth-order valence-electron chi connectivity index (χ4n) is 4.86. The number of carbonyl (C=O) groups is 2. The van der Waals surface area contributed by atoms with Crippen LogP contribution in [-0.2, 0) is 22.6 Å². The molecule has 1 saturated carbocycles. The number of rotatable bonds is 2. The van der Waals surface area contributed by atoms with E-state index in [-0.39, 0.29) is 23.8 Å². The molecule has 4 nitrogen and oxygen atoms in total. The number of nitrogens with one attached hydrogen (secondary N) is 1. The van der Waals surface area contributed by atoms with Gasteiger partial charge in [-0.25, -0.2) is 0 Å². The first-order chi connectivity index (χ1) is 14.7. The van der Waals surface area contributed by atoms with Crippen LogP contribution in [0.1, 0.15) is 36.0 Å². The Morgan fingerprint density at radius 3 is 2.63 bits per heavy atom. The monoisotopic (exact) mass is 418 g/mol. The Kier molecular flexibility index (Phi) is 5.38. The molecular weight excluding hydrogens is 392 g/mol. The number of hydrogen-bond donors (Lipinski definition) is 1. The maximum atomic E-state index is 13.2. The number of hydrogen-bond acceptors (Lipinski definition) is 3. The second kappa shape index (κ2) is 8.31. The van der Waals surface area contributed by atoms with Crippen molar-refractivity contribution in [1.82, 2.24) is 10.2 Å². The molecule has 3 aliphatic rings. The molecule has 154 valence electrons. The molecule has 0 bridgehead atoms. The molecule has 2 aromatic carbocycles. The van der Waals surface area contributed by atoms with Crippen LogP contribution in [0.4, 0.5) is 0 Å². The third kappa shape index (κ3) is 3.91. The number of amides is 2. The van der Waals surface area contributed by atoms with E-state index >= 15 is 0 Å². The summed E-state index contributed by atoms with van der Waals surface area (Å²) in [6, 6.07) is 18.5. The molecule has 2 aromatic rings. The molecule has 1 N–H and O–H groups in total. The molecule has 3 atom stereocenters. The predicted octanol–water partition coefficient (Wildman–Crippen LogP) is 4.01. The quantitative estimate of drug-likeness (QED) is 0.750. The maximum absolute atomic E-state index is 13.2. The average molecular weight is 419 g/mol. The van der Waals surface area contributed by atoms with Crippen LogP contribution >= 0.6 is 11.8 Å². The summed E-state index contributed by atoms with van der Waals surface area (Å²) in [5, 5.41) is 3.54. The number of thioether (sulfide) groups is 1. The zero-order chi connectivity index (χ0) is 20.5. The van der Waals surface area contributed by atoms with Crippen LogP contribution in [0.15, 0.2) is 59.5 Å². The van der Waals surface area contributed by atoms with E-state index in [2.05, 4.69) is 23.5 Å². The van der Waals surface area contributed by atoms with Gasteiger partial charge < -0.3 is 10.2 Å². The second-order valence-electron chi connectivity index (χ2n) is 8.44. The summed E-state index contributed by atoms with van der Waals surface area (Å²) in [5.41, 5.74) is 3.67. The van der Waals surface area contributed by atoms with Crippen molar-refractivity contribution in [1.29, 1.82) is 0 Å². The number of fused-ring (bicyclic) bond motifs is 2. The van der Waals surface area contributed by atoms with Crippen molar-refractivity contribution < 1.29 is 9.59 Å². The van der Waals surface area contributed by atoms with Gasteiger partial charge in [-0.2, -0.15) is 0 Å². The fraction of sp³-hybridized carbons (Fsp3) is 0.360. The van der Waals surface area contributed by atoms with Crippen LogP contribution in [-0.4, -0.2) is 34.6 Å². The minimum atomic E-state index is -0.00916. The first kappa shape index (κ1) is 19.4. The lowest BCUT2D eigenvalue weighted by Crippen LogP contribution is -2.52. The van der Waals surface area contributed by atoms with Gasteiger partial charge in [0.1, 0.15) is 0 Å². The minimum absolute atomic E-state index is 0.00916. The third-order valence-electron chi connectivity index (χ3n) is 6.49. The highest BCUT2D eigenvalue weighted by Crippen LogP contribution is 2.40. The van der Waals surface area contributed by atoms with Crippen LogP contribution in [0.2, 0.25) is 0 Å². The topological polar surface area (TPSA) is 49.4 Å². The van der Waals surface area contributed by atoms with Gasteiger partial charge in [0.15, 0.2) is 0 Å². The average Bonchev–Trinajstić information content (AvgIpc) is 2.79. The van der Waals surface area contributed by atoms with Gasteiger partial charge in [0.05, 0.1) is 4.91 Å². The van der Waals surface area contributed by atoms with Crippen molar-refractivity contribution in [2.75, 3.05) is 6.54 Å². The number of benzene rings is 2. The van der Waals surface area contributed by atoms with Crippen LogP contribution in [0.25, 0.3) is 6.08 Å². The first-order valence-corrected chi connectivity index (χ1v) is 11.6. The lowest BCUT2D eigenvalue weighted by Gasteiger charge is -2.41. The van der Waals surface area contributed by atoms with Crippen LogP contribution in [0.3, 0.4) is 0 Å². The van der Waals surface area contributed by atoms with Gasteiger partial charge in [-0.15, -0.1) is 11.8 Å². The normalized spacial score (nSPS) is 27.2. The molecule has 0 spiro atoms.